The largest absolute Gasteiger partial charge is 0.505 e. The first-order valence-electron chi connectivity index (χ1n) is 13.2. The topological polar surface area (TPSA) is 344 Å². The zero-order valence-corrected chi connectivity index (χ0v) is 27.0. The third kappa shape index (κ3) is 8.54. The van der Waals surface area contributed by atoms with Crippen molar-refractivity contribution < 1.29 is 63.7 Å². The summed E-state index contributed by atoms with van der Waals surface area (Å²) in [6.07, 6.45) is 0. The van der Waals surface area contributed by atoms with Crippen molar-refractivity contribution in [2.24, 2.45) is 20.5 Å². The maximum absolute atomic E-state index is 12.2. The van der Waals surface area contributed by atoms with Gasteiger partial charge in [0.15, 0.2) is 5.75 Å². The molecular weight excluding hydrogens is 717 g/mol. The molecule has 0 amide bonds. The Kier molecular flexibility index (Phi) is 10.7. The van der Waals surface area contributed by atoms with Crippen LogP contribution in [0.1, 0.15) is 0 Å². The van der Waals surface area contributed by atoms with E-state index in [0.717, 1.165) is 18.2 Å². The smallest absolute Gasteiger partial charge is 0.296 e. The molecule has 0 atom stereocenters. The number of nitrogens with zero attached hydrogens (tertiary/aromatic N) is 4. The van der Waals surface area contributed by atoms with Crippen molar-refractivity contribution in [1.29, 1.82) is 0 Å². The number of aromatic hydroxyl groups is 1. The summed E-state index contributed by atoms with van der Waals surface area (Å²) >= 11 is 0. The van der Waals surface area contributed by atoms with E-state index in [1.165, 1.54) is 18.2 Å². The van der Waals surface area contributed by atoms with Crippen LogP contribution in [0.2, 0.25) is 0 Å². The molecule has 0 aliphatic rings. The van der Waals surface area contributed by atoms with E-state index in [1.807, 2.05) is 0 Å². The number of anilines is 2. The van der Waals surface area contributed by atoms with E-state index in [1.54, 1.807) is 0 Å². The first kappa shape index (κ1) is 36.8. The van der Waals surface area contributed by atoms with E-state index in [-0.39, 0.29) is 52.5 Å². The Bertz CT molecular complexity index is 2330. The second-order valence-electron chi connectivity index (χ2n) is 9.67. The number of ether oxygens (including phenoxy) is 2. The minimum atomic E-state index is -5.08. The summed E-state index contributed by atoms with van der Waals surface area (Å²) in [5.74, 6) is -1.25. The van der Waals surface area contributed by atoms with Gasteiger partial charge < -0.3 is 36.3 Å². The molecular formula is C26H26N6O14S3. The van der Waals surface area contributed by atoms with Crippen LogP contribution in [0.4, 0.5) is 34.1 Å². The predicted octanol–water partition coefficient (Wildman–Crippen LogP) is 3.02. The predicted molar refractivity (Wildman–Crippen MR) is 170 cm³/mol. The number of aliphatic hydroxyl groups is 2. The molecule has 0 saturated heterocycles. The lowest BCUT2D eigenvalue weighted by atomic mass is 10.1. The molecule has 0 radical (unpaired) electrons. The average molecular weight is 743 g/mol. The third-order valence-electron chi connectivity index (χ3n) is 6.26. The molecule has 0 spiro atoms. The molecule has 0 fully saturated rings. The Hall–Kier alpha value is -5.01. The second kappa shape index (κ2) is 14.2. The van der Waals surface area contributed by atoms with Crippen molar-refractivity contribution in [3.8, 4) is 17.2 Å². The fourth-order valence-corrected chi connectivity index (χ4v) is 6.09. The van der Waals surface area contributed by atoms with Crippen molar-refractivity contribution in [1.82, 2.24) is 0 Å². The monoisotopic (exact) mass is 742 g/mol. The Morgan fingerprint density at radius 1 is 0.612 bits per heavy atom. The number of benzene rings is 4. The molecule has 4 aromatic carbocycles. The van der Waals surface area contributed by atoms with Crippen LogP contribution in [-0.2, 0) is 30.4 Å². The summed E-state index contributed by atoms with van der Waals surface area (Å²) in [6.45, 7) is -1.81. The maximum Gasteiger partial charge on any atom is 0.296 e. The zero-order valence-electron chi connectivity index (χ0n) is 24.6. The van der Waals surface area contributed by atoms with E-state index in [9.17, 15) is 54.2 Å². The van der Waals surface area contributed by atoms with Gasteiger partial charge in [-0.05, 0) is 35.7 Å². The van der Waals surface area contributed by atoms with E-state index < -0.39 is 81.1 Å². The fraction of sp³-hybridized carbons (Fsp3) is 0.154. The SMILES string of the molecule is Nc1ccc2cc(S(=O)(=O)O)c(N=Nc3cc(OCCO)c(N=Nc4cc(S(=O)(=O)O)c(N)cc4S(=O)(=O)O)cc3OCCO)c(O)c2c1. The Morgan fingerprint density at radius 2 is 1.12 bits per heavy atom. The van der Waals surface area contributed by atoms with E-state index in [2.05, 4.69) is 20.5 Å². The summed E-state index contributed by atoms with van der Waals surface area (Å²) in [5.41, 5.74) is 8.70. The molecule has 0 unspecified atom stereocenters. The quantitative estimate of drug-likeness (QED) is 0.0554. The zero-order chi connectivity index (χ0) is 36.3. The molecule has 0 aromatic heterocycles. The van der Waals surface area contributed by atoms with E-state index in [4.69, 9.17) is 20.9 Å². The molecule has 0 saturated carbocycles. The summed E-state index contributed by atoms with van der Waals surface area (Å²) in [4.78, 5) is -2.78. The number of nitrogens with two attached hydrogens (primary N) is 2. The molecule has 10 N–H and O–H groups in total. The molecule has 4 rings (SSSR count). The van der Waals surface area contributed by atoms with Gasteiger partial charge in [0.1, 0.15) is 62.1 Å². The van der Waals surface area contributed by atoms with E-state index in [0.29, 0.717) is 12.1 Å². The lowest BCUT2D eigenvalue weighted by molar-refractivity contribution is 0.198. The van der Waals surface area contributed by atoms with Crippen LogP contribution in [0, 0.1) is 0 Å². The molecule has 0 aliphatic heterocycles. The van der Waals surface area contributed by atoms with Crippen LogP contribution >= 0.6 is 0 Å². The van der Waals surface area contributed by atoms with Crippen LogP contribution in [0.15, 0.2) is 83.7 Å². The maximum atomic E-state index is 12.2. The first-order chi connectivity index (χ1) is 22.8. The minimum absolute atomic E-state index is 0.0601. The van der Waals surface area contributed by atoms with Crippen molar-refractivity contribution in [2.75, 3.05) is 37.9 Å². The lowest BCUT2D eigenvalue weighted by Gasteiger charge is -2.13. The molecule has 0 heterocycles. The molecule has 20 nitrogen and oxygen atoms in total. The van der Waals surface area contributed by atoms with Crippen molar-refractivity contribution in [3.05, 3.63) is 48.5 Å². The first-order valence-corrected chi connectivity index (χ1v) is 17.6. The van der Waals surface area contributed by atoms with Crippen LogP contribution in [0.5, 0.6) is 17.2 Å². The van der Waals surface area contributed by atoms with Gasteiger partial charge in [0.25, 0.3) is 30.4 Å². The van der Waals surface area contributed by atoms with Gasteiger partial charge in [-0.15, -0.1) is 20.5 Å². The van der Waals surface area contributed by atoms with Gasteiger partial charge in [-0.3, -0.25) is 13.7 Å². The number of phenolic OH excluding ortho intramolecular Hbond substituents is 1. The van der Waals surface area contributed by atoms with Gasteiger partial charge in [-0.1, -0.05) is 6.07 Å². The molecule has 23 heteroatoms. The van der Waals surface area contributed by atoms with Gasteiger partial charge in [0.05, 0.1) is 18.9 Å². The number of fused-ring (bicyclic) bond motifs is 1. The summed E-state index contributed by atoms with van der Waals surface area (Å²) < 4.78 is 112. The lowest BCUT2D eigenvalue weighted by Crippen LogP contribution is -2.06. The fourth-order valence-electron chi connectivity index (χ4n) is 4.17. The normalized spacial score (nSPS) is 12.7. The molecule has 0 aliphatic carbocycles. The molecule has 262 valence electrons. The molecule has 49 heavy (non-hydrogen) atoms. The van der Waals surface area contributed by atoms with Crippen molar-refractivity contribution in [2.45, 2.75) is 14.7 Å². The van der Waals surface area contributed by atoms with Crippen molar-refractivity contribution in [3.63, 3.8) is 0 Å². The summed E-state index contributed by atoms with van der Waals surface area (Å²) in [5, 5.41) is 45.1. The Morgan fingerprint density at radius 3 is 1.63 bits per heavy atom. The standard InChI is InChI=1S/C26H26N6O14S3/c27-14-2-1-13-7-24(49(42,43)44)25(26(35)15(13)8-14)32-30-18-11-20(45-5-3-33)17(10-21(18)46-6-4-34)29-31-19-12-22(47(36,37)38)16(28)9-23(19)48(39,40)41/h1-2,7-12,33-35H,3-6,27-28H2,(H,36,37,38)(H,39,40,41)(H,42,43,44). The summed E-state index contributed by atoms with van der Waals surface area (Å²) in [7, 11) is -15.1. The van der Waals surface area contributed by atoms with Crippen LogP contribution in [0.25, 0.3) is 10.8 Å². The third-order valence-corrected chi connectivity index (χ3v) is 8.92. The average Bonchev–Trinajstić information content (AvgIpc) is 3.00. The van der Waals surface area contributed by atoms with Gasteiger partial charge in [-0.2, -0.15) is 25.3 Å². The van der Waals surface area contributed by atoms with Crippen LogP contribution < -0.4 is 20.9 Å². The van der Waals surface area contributed by atoms with Crippen LogP contribution in [0.3, 0.4) is 0 Å². The highest BCUT2D eigenvalue weighted by atomic mass is 32.2. The van der Waals surface area contributed by atoms with Gasteiger partial charge in [0, 0.05) is 23.2 Å². The number of hydrogen-bond donors (Lipinski definition) is 8. The number of phenols is 1. The van der Waals surface area contributed by atoms with Gasteiger partial charge in [-0.25, -0.2) is 0 Å². The highest BCUT2D eigenvalue weighted by Crippen LogP contribution is 2.45. The van der Waals surface area contributed by atoms with Gasteiger partial charge in [0.2, 0.25) is 0 Å². The molecule has 0 bridgehead atoms. The minimum Gasteiger partial charge on any atom is -0.505 e. The Balaban J connectivity index is 1.93. The summed E-state index contributed by atoms with van der Waals surface area (Å²) in [6, 6.07) is 8.33. The van der Waals surface area contributed by atoms with Crippen LogP contribution in [-0.4, -0.2) is 80.7 Å². The highest BCUT2D eigenvalue weighted by Gasteiger charge is 2.25. The molecule has 4 aromatic rings. The number of aliphatic hydroxyl groups excluding tert-OH is 2. The number of hydrogen-bond acceptors (Lipinski definition) is 17. The van der Waals surface area contributed by atoms with Crippen molar-refractivity contribution >= 4 is 75.3 Å². The van der Waals surface area contributed by atoms with Gasteiger partial charge >= 0.3 is 0 Å². The number of azo groups is 2. The number of rotatable bonds is 13. The van der Waals surface area contributed by atoms with E-state index >= 15 is 0 Å². The number of nitrogen functional groups attached to an aromatic ring is 2. The second-order valence-corrected chi connectivity index (χ2v) is 13.8. The highest BCUT2D eigenvalue weighted by molar-refractivity contribution is 7.86. The Labute approximate surface area is 277 Å².